The molecule has 7 rings (SSSR count). The van der Waals surface area contributed by atoms with E-state index >= 15 is 0 Å². The Morgan fingerprint density at radius 1 is 0.410 bits per heavy atom. The smallest absolute Gasteiger partial charge is 0.412 e. The van der Waals surface area contributed by atoms with Crippen LogP contribution in [0.25, 0.3) is 0 Å². The van der Waals surface area contributed by atoms with Crippen LogP contribution in [0.5, 0.6) is 34.5 Å². The summed E-state index contributed by atoms with van der Waals surface area (Å²) in [7, 11) is 3.93. The molecule has 27 heteroatoms. The zero-order valence-corrected chi connectivity index (χ0v) is 61.7. The molecule has 7 aromatic rings. The van der Waals surface area contributed by atoms with Crippen molar-refractivity contribution in [1.29, 1.82) is 0 Å². The molecule has 0 bridgehead atoms. The predicted octanol–water partition coefficient (Wildman–Crippen LogP) is 13.5. The highest BCUT2D eigenvalue weighted by atomic mass is 16.6. The summed E-state index contributed by atoms with van der Waals surface area (Å²) < 4.78 is 55.0. The van der Waals surface area contributed by atoms with Crippen molar-refractivity contribution in [2.75, 3.05) is 79.7 Å². The average molecular weight is 1450 g/mol. The van der Waals surface area contributed by atoms with Gasteiger partial charge in [0.1, 0.15) is 58.9 Å². The number of nitrogens with one attached hydrogen (secondary N) is 7. The van der Waals surface area contributed by atoms with Gasteiger partial charge in [0.05, 0.1) is 92.4 Å². The molecule has 105 heavy (non-hydrogen) atoms. The number of Topliss-reactive ketones (excluding diaryl/α,β-unsaturated/α-hetero) is 2. The Kier molecular flexibility index (Phi) is 29.9. The van der Waals surface area contributed by atoms with Crippen LogP contribution >= 0.6 is 0 Å². The van der Waals surface area contributed by atoms with Crippen molar-refractivity contribution < 1.29 is 95.3 Å². The van der Waals surface area contributed by atoms with Gasteiger partial charge in [0.2, 0.25) is 0 Å². The van der Waals surface area contributed by atoms with Gasteiger partial charge in [0.15, 0.2) is 5.78 Å². The monoisotopic (exact) mass is 1450 g/mol. The number of methoxy groups -OCH3 is 3. The number of rotatable bonds is 31. The minimum Gasteiger partial charge on any atom is -0.495 e. The number of carbonyl (C=O) groups excluding carboxylic acids is 10. The van der Waals surface area contributed by atoms with E-state index in [0.29, 0.717) is 47.4 Å². The van der Waals surface area contributed by atoms with Crippen molar-refractivity contribution in [1.82, 2.24) is 5.43 Å². The zero-order chi connectivity index (χ0) is 77.3. The Morgan fingerprint density at radius 2 is 0.781 bits per heavy atom. The molecule has 558 valence electrons. The lowest BCUT2D eigenvalue weighted by Gasteiger charge is -2.21. The van der Waals surface area contributed by atoms with Crippen LogP contribution in [0.2, 0.25) is 0 Å². The lowest BCUT2D eigenvalue weighted by molar-refractivity contribution is -0.162. The topological polar surface area (TPSA) is 347 Å². The van der Waals surface area contributed by atoms with Crippen LogP contribution in [-0.4, -0.2) is 124 Å². The van der Waals surface area contributed by atoms with E-state index in [1.54, 1.807) is 71.9 Å². The third-order valence-electron chi connectivity index (χ3n) is 13.9. The van der Waals surface area contributed by atoms with E-state index in [1.807, 2.05) is 71.9 Å². The summed E-state index contributed by atoms with van der Waals surface area (Å²) in [6.45, 7) is 23.2. The van der Waals surface area contributed by atoms with Crippen LogP contribution in [0.3, 0.4) is 0 Å². The number of amides is 5. The van der Waals surface area contributed by atoms with E-state index in [-0.39, 0.29) is 111 Å². The number of ketones is 2. The first-order valence-electron chi connectivity index (χ1n) is 33.4. The number of ether oxygens (including phenoxy) is 10. The second-order valence-corrected chi connectivity index (χ2v) is 26.6. The molecule has 0 unspecified atom stereocenters. The number of benzene rings is 7. The van der Waals surface area contributed by atoms with Gasteiger partial charge < -0.3 is 74.1 Å². The molecule has 0 aromatic heterocycles. The van der Waals surface area contributed by atoms with E-state index < -0.39 is 64.6 Å². The van der Waals surface area contributed by atoms with Gasteiger partial charge in [-0.2, -0.15) is 0 Å². The van der Waals surface area contributed by atoms with Crippen LogP contribution < -0.4 is 65.9 Å². The van der Waals surface area contributed by atoms with Crippen LogP contribution in [0.1, 0.15) is 158 Å². The number of hydrogen-bond acceptors (Lipinski definition) is 22. The molecular weight excluding hydrogens is 1350 g/mol. The molecule has 7 aromatic carbocycles. The number of anilines is 6. The Hall–Kier alpha value is -12.0. The molecule has 0 radical (unpaired) electrons. The summed E-state index contributed by atoms with van der Waals surface area (Å²) in [5.74, 6) is -3.45. The molecule has 0 spiro atoms. The molecule has 0 fully saturated rings. The third kappa shape index (κ3) is 26.4. The SMILES string of the molecule is COC(=O)c1ccc(NC(=O)c2ccc(NC(=O)c3ccc(NC(=O)OC(C)(C)C)c(OC(C)C)c3)c(OCC(C)C)c2)c(OCC(C)=O)c1.COC(=O)c1ccc(NC(=O)c2ccc(NC(=O)c3ccc(NNCC(=O)C(=O)OC(C)(C)C)c(OC)c3)c(OCc3ccccc3)c2)c(OCC(C)C)c1. The molecule has 0 saturated carbocycles. The van der Waals surface area contributed by atoms with Gasteiger partial charge in [0.25, 0.3) is 29.4 Å². The molecule has 5 amide bonds. The highest BCUT2D eigenvalue weighted by molar-refractivity contribution is 6.34. The van der Waals surface area contributed by atoms with Crippen LogP contribution in [0.4, 0.5) is 38.9 Å². The Bertz CT molecular complexity index is 4270. The normalized spacial score (nSPS) is 11.0. The summed E-state index contributed by atoms with van der Waals surface area (Å²) >= 11 is 0. The molecule has 0 saturated heterocycles. The quantitative estimate of drug-likeness (QED) is 0.00918. The lowest BCUT2D eigenvalue weighted by Crippen LogP contribution is -2.36. The van der Waals surface area contributed by atoms with Crippen molar-refractivity contribution in [3.05, 3.63) is 178 Å². The van der Waals surface area contributed by atoms with E-state index in [1.165, 1.54) is 107 Å². The molecule has 0 aliphatic heterocycles. The van der Waals surface area contributed by atoms with Gasteiger partial charge in [-0.3, -0.25) is 34.1 Å². The van der Waals surface area contributed by atoms with Gasteiger partial charge in [-0.05, 0) is 189 Å². The molecule has 0 heterocycles. The Labute approximate surface area is 609 Å². The first-order chi connectivity index (χ1) is 49.6. The molecule has 0 aliphatic rings. The number of hydrazine groups is 1. The first-order valence-corrected chi connectivity index (χ1v) is 33.4. The highest BCUT2D eigenvalue weighted by Gasteiger charge is 2.26. The number of esters is 3. The second kappa shape index (κ2) is 38.3. The largest absolute Gasteiger partial charge is 0.495 e. The summed E-state index contributed by atoms with van der Waals surface area (Å²) in [6, 6.07) is 36.6. The zero-order valence-electron chi connectivity index (χ0n) is 61.7. The maximum absolute atomic E-state index is 13.6. The maximum Gasteiger partial charge on any atom is 0.412 e. The standard InChI is InChI=1S/C41H46N4O10.C37H45N3O10/c1-25(2)23-53-36-21-29(39(49)52-7)15-17-31(36)44-38(48)28-13-16-30(35(20-28)54-24-26-11-9-8-10-12-26)43-37(47)27-14-18-32(34(19-27)51-6)45-42-22-33(46)40(50)55-41(3,4)5;1-21(2)19-47-30-16-24(33(42)39-28-15-12-26(35(44)46-9)18-31(28)48-20-23(5)41)10-13-27(30)38-34(43)25-11-14-29(32(17-25)49-22(3)4)40-36(45)50-37(6,7)8/h8-21,25,42,45H,22-24H2,1-7H3,(H,43,47)(H,44,48);10-18,21-22H,19-20H2,1-9H3,(H,38,43)(H,39,42)(H,40,45). The van der Waals surface area contributed by atoms with E-state index in [0.717, 1.165) is 5.56 Å². The maximum atomic E-state index is 13.6. The number of hydrogen-bond donors (Lipinski definition) is 7. The summed E-state index contributed by atoms with van der Waals surface area (Å²) in [6.07, 6.45) is -0.929. The fourth-order valence-corrected chi connectivity index (χ4v) is 9.05. The molecular formula is C78H91N7O20. The van der Waals surface area contributed by atoms with Gasteiger partial charge in [-0.25, -0.2) is 24.6 Å². The molecule has 27 nitrogen and oxygen atoms in total. The Balaban J connectivity index is 0.000000331. The van der Waals surface area contributed by atoms with Gasteiger partial charge in [-0.1, -0.05) is 58.0 Å². The van der Waals surface area contributed by atoms with Crippen LogP contribution in [-0.2, 0) is 39.9 Å². The lowest BCUT2D eigenvalue weighted by atomic mass is 10.1. The third-order valence-corrected chi connectivity index (χ3v) is 13.9. The van der Waals surface area contributed by atoms with Crippen molar-refractivity contribution in [3.8, 4) is 34.5 Å². The summed E-state index contributed by atoms with van der Waals surface area (Å²) in [5.41, 5.74) is 8.04. The van der Waals surface area contributed by atoms with Gasteiger partial charge >= 0.3 is 24.0 Å². The second-order valence-electron chi connectivity index (χ2n) is 26.6. The summed E-state index contributed by atoms with van der Waals surface area (Å²) in [4.78, 5) is 126. The summed E-state index contributed by atoms with van der Waals surface area (Å²) in [5, 5.41) is 13.9. The predicted molar refractivity (Wildman–Crippen MR) is 395 cm³/mol. The van der Waals surface area contributed by atoms with Crippen molar-refractivity contribution in [2.45, 2.75) is 114 Å². The molecule has 0 atom stereocenters. The van der Waals surface area contributed by atoms with Crippen LogP contribution in [0, 0.1) is 11.8 Å². The Morgan fingerprint density at radius 3 is 1.17 bits per heavy atom. The molecule has 7 N–H and O–H groups in total. The van der Waals surface area contributed by atoms with Crippen LogP contribution in [0.15, 0.2) is 140 Å². The van der Waals surface area contributed by atoms with Crippen molar-refractivity contribution in [3.63, 3.8) is 0 Å². The molecule has 0 aliphatic carbocycles. The van der Waals surface area contributed by atoms with Gasteiger partial charge in [-0.15, -0.1) is 0 Å². The van der Waals surface area contributed by atoms with E-state index in [4.69, 9.17) is 47.4 Å². The minimum absolute atomic E-state index is 0.102. The van der Waals surface area contributed by atoms with Gasteiger partial charge in [0, 0.05) is 22.3 Å². The van der Waals surface area contributed by atoms with Crippen molar-refractivity contribution >= 4 is 93.3 Å². The van der Waals surface area contributed by atoms with E-state index in [9.17, 15) is 47.9 Å². The average Bonchev–Trinajstić information content (AvgIpc) is 0.826. The van der Waals surface area contributed by atoms with Crippen molar-refractivity contribution in [2.24, 2.45) is 11.8 Å². The number of carbonyl (C=O) groups is 10. The minimum atomic E-state index is -0.964. The first kappa shape index (κ1) is 82.0. The fourth-order valence-electron chi connectivity index (χ4n) is 9.05. The van der Waals surface area contributed by atoms with E-state index in [2.05, 4.69) is 37.4 Å². The fraction of sp³-hybridized carbons (Fsp3) is 0.333. The highest BCUT2D eigenvalue weighted by Crippen LogP contribution is 2.35.